The van der Waals surface area contributed by atoms with E-state index in [1.807, 2.05) is 13.8 Å². The Hall–Kier alpha value is -0.160. The van der Waals surface area contributed by atoms with Gasteiger partial charge < -0.3 is 19.9 Å². The number of hydrogen-bond donors (Lipinski definition) is 2. The van der Waals surface area contributed by atoms with Crippen LogP contribution in [0.2, 0.25) is 0 Å². The van der Waals surface area contributed by atoms with Crippen LogP contribution in [0.4, 0.5) is 0 Å². The molecule has 0 aromatic rings. The molecule has 0 radical (unpaired) electrons. The van der Waals surface area contributed by atoms with Crippen LogP contribution in [0.1, 0.15) is 34.1 Å². The fourth-order valence-corrected chi connectivity index (χ4v) is 2.31. The minimum atomic E-state index is -0.420. The molecule has 3 unspecified atom stereocenters. The molecule has 0 spiro atoms. The van der Waals surface area contributed by atoms with Gasteiger partial charge in [0.1, 0.15) is 0 Å². The second-order valence-corrected chi connectivity index (χ2v) is 5.28. The highest BCUT2D eigenvalue weighted by atomic mass is 16.5. The maximum atomic E-state index is 9.67. The standard InChI is InChI=1S/C13H27NO3/c1-5-16-9-10(15)8-14-11-7-12(17-6-2)13(11,3)4/h10-12,14-15H,5-9H2,1-4H3. The minimum absolute atomic E-state index is 0.154. The second kappa shape index (κ2) is 6.69. The van der Waals surface area contributed by atoms with Gasteiger partial charge in [-0.3, -0.25) is 0 Å². The molecule has 0 aliphatic heterocycles. The van der Waals surface area contributed by atoms with Gasteiger partial charge in [0.05, 0.1) is 18.8 Å². The first-order chi connectivity index (χ1) is 8.02. The van der Waals surface area contributed by atoms with Crippen LogP contribution in [0.3, 0.4) is 0 Å². The number of aliphatic hydroxyl groups excluding tert-OH is 1. The van der Waals surface area contributed by atoms with E-state index in [-0.39, 0.29) is 5.41 Å². The van der Waals surface area contributed by atoms with E-state index in [4.69, 9.17) is 9.47 Å². The van der Waals surface area contributed by atoms with Gasteiger partial charge in [-0.25, -0.2) is 0 Å². The second-order valence-electron chi connectivity index (χ2n) is 5.28. The highest BCUT2D eigenvalue weighted by Crippen LogP contribution is 2.42. The SMILES string of the molecule is CCOCC(O)CNC1CC(OCC)C1(C)C. The van der Waals surface area contributed by atoms with Gasteiger partial charge in [-0.15, -0.1) is 0 Å². The third-order valence-corrected chi connectivity index (χ3v) is 3.66. The van der Waals surface area contributed by atoms with Crippen LogP contribution in [0.15, 0.2) is 0 Å². The van der Waals surface area contributed by atoms with Gasteiger partial charge in [0.15, 0.2) is 0 Å². The van der Waals surface area contributed by atoms with Crippen molar-refractivity contribution in [2.75, 3.05) is 26.4 Å². The third-order valence-electron chi connectivity index (χ3n) is 3.66. The van der Waals surface area contributed by atoms with Crippen molar-refractivity contribution in [3.63, 3.8) is 0 Å². The molecule has 1 fully saturated rings. The van der Waals surface area contributed by atoms with E-state index < -0.39 is 6.10 Å². The Bertz CT molecular complexity index is 221. The molecule has 1 rings (SSSR count). The van der Waals surface area contributed by atoms with Crippen LogP contribution in [0, 0.1) is 5.41 Å². The van der Waals surface area contributed by atoms with E-state index in [1.54, 1.807) is 0 Å². The van der Waals surface area contributed by atoms with Crippen LogP contribution >= 0.6 is 0 Å². The van der Waals surface area contributed by atoms with Gasteiger partial charge in [-0.2, -0.15) is 0 Å². The van der Waals surface area contributed by atoms with Crippen molar-refractivity contribution < 1.29 is 14.6 Å². The third kappa shape index (κ3) is 3.91. The predicted octanol–water partition coefficient (Wildman–Crippen LogP) is 1.18. The van der Waals surface area contributed by atoms with E-state index >= 15 is 0 Å². The zero-order valence-electron chi connectivity index (χ0n) is 11.5. The maximum Gasteiger partial charge on any atom is 0.0897 e. The summed E-state index contributed by atoms with van der Waals surface area (Å²) in [7, 11) is 0. The number of nitrogens with one attached hydrogen (secondary N) is 1. The largest absolute Gasteiger partial charge is 0.389 e. The van der Waals surface area contributed by atoms with Crippen molar-refractivity contribution in [3.8, 4) is 0 Å². The van der Waals surface area contributed by atoms with Crippen LogP contribution in [0.25, 0.3) is 0 Å². The first-order valence-corrected chi connectivity index (χ1v) is 6.63. The maximum absolute atomic E-state index is 9.67. The summed E-state index contributed by atoms with van der Waals surface area (Å²) in [5, 5.41) is 13.1. The van der Waals surface area contributed by atoms with Crippen molar-refractivity contribution in [1.82, 2.24) is 5.32 Å². The molecule has 4 nitrogen and oxygen atoms in total. The Kier molecular flexibility index (Phi) is 5.86. The molecule has 2 N–H and O–H groups in total. The predicted molar refractivity (Wildman–Crippen MR) is 68.1 cm³/mol. The lowest BCUT2D eigenvalue weighted by Gasteiger charge is -2.52. The van der Waals surface area contributed by atoms with Gasteiger partial charge in [0, 0.05) is 31.2 Å². The summed E-state index contributed by atoms with van der Waals surface area (Å²) in [5.41, 5.74) is 0.154. The lowest BCUT2D eigenvalue weighted by molar-refractivity contribution is -0.116. The fraction of sp³-hybridized carbons (Fsp3) is 1.00. The van der Waals surface area contributed by atoms with Gasteiger partial charge in [0.2, 0.25) is 0 Å². The van der Waals surface area contributed by atoms with Crippen LogP contribution in [-0.2, 0) is 9.47 Å². The molecule has 0 aromatic heterocycles. The van der Waals surface area contributed by atoms with Gasteiger partial charge in [0.25, 0.3) is 0 Å². The molecular formula is C13H27NO3. The van der Waals surface area contributed by atoms with Crippen molar-refractivity contribution in [2.24, 2.45) is 5.41 Å². The number of aliphatic hydroxyl groups is 1. The molecule has 17 heavy (non-hydrogen) atoms. The van der Waals surface area contributed by atoms with Gasteiger partial charge in [-0.05, 0) is 20.3 Å². The molecule has 0 heterocycles. The first kappa shape index (κ1) is 14.9. The monoisotopic (exact) mass is 245 g/mol. The number of hydrogen-bond acceptors (Lipinski definition) is 4. The Morgan fingerprint density at radius 1 is 1.35 bits per heavy atom. The van der Waals surface area contributed by atoms with E-state index in [9.17, 15) is 5.11 Å². The normalized spacial score (nSPS) is 28.8. The van der Waals surface area contributed by atoms with Crippen molar-refractivity contribution >= 4 is 0 Å². The van der Waals surface area contributed by atoms with Crippen LogP contribution < -0.4 is 5.32 Å². The molecule has 0 amide bonds. The average Bonchev–Trinajstić information content (AvgIpc) is 2.30. The zero-order valence-corrected chi connectivity index (χ0v) is 11.5. The zero-order chi connectivity index (χ0) is 12.9. The molecule has 0 bridgehead atoms. The molecule has 1 aliphatic carbocycles. The van der Waals surface area contributed by atoms with E-state index in [2.05, 4.69) is 19.2 Å². The minimum Gasteiger partial charge on any atom is -0.389 e. The summed E-state index contributed by atoms with van der Waals surface area (Å²) in [6, 6.07) is 0.426. The van der Waals surface area contributed by atoms with Gasteiger partial charge in [-0.1, -0.05) is 13.8 Å². The molecule has 1 saturated carbocycles. The summed E-state index contributed by atoms with van der Waals surface area (Å²) in [5.74, 6) is 0. The first-order valence-electron chi connectivity index (χ1n) is 6.63. The summed E-state index contributed by atoms with van der Waals surface area (Å²) in [6.45, 7) is 10.8. The molecular weight excluding hydrogens is 218 g/mol. The van der Waals surface area contributed by atoms with Crippen molar-refractivity contribution in [1.29, 1.82) is 0 Å². The van der Waals surface area contributed by atoms with Crippen LogP contribution in [0.5, 0.6) is 0 Å². The summed E-state index contributed by atoms with van der Waals surface area (Å²) >= 11 is 0. The van der Waals surface area contributed by atoms with E-state index in [0.717, 1.165) is 13.0 Å². The van der Waals surface area contributed by atoms with Gasteiger partial charge >= 0.3 is 0 Å². The molecule has 1 aliphatic rings. The van der Waals surface area contributed by atoms with Crippen LogP contribution in [-0.4, -0.2) is 49.7 Å². The van der Waals surface area contributed by atoms with Crippen molar-refractivity contribution in [3.05, 3.63) is 0 Å². The Balaban J connectivity index is 2.21. The smallest absolute Gasteiger partial charge is 0.0897 e. The van der Waals surface area contributed by atoms with Crippen molar-refractivity contribution in [2.45, 2.75) is 52.4 Å². The lowest BCUT2D eigenvalue weighted by Crippen LogP contribution is -2.61. The fourth-order valence-electron chi connectivity index (χ4n) is 2.31. The molecule has 0 aromatic carbocycles. The highest BCUT2D eigenvalue weighted by molar-refractivity contribution is 5.02. The molecule has 4 heteroatoms. The Labute approximate surface area is 105 Å². The number of rotatable bonds is 8. The number of ether oxygens (including phenoxy) is 2. The quantitative estimate of drug-likeness (QED) is 0.674. The Morgan fingerprint density at radius 2 is 2.06 bits per heavy atom. The van der Waals surface area contributed by atoms with E-state index in [1.165, 1.54) is 0 Å². The summed E-state index contributed by atoms with van der Waals surface area (Å²) < 4.78 is 10.8. The highest BCUT2D eigenvalue weighted by Gasteiger charge is 2.48. The lowest BCUT2D eigenvalue weighted by atomic mass is 9.64. The summed E-state index contributed by atoms with van der Waals surface area (Å²) in [6.07, 6.45) is 0.952. The van der Waals surface area contributed by atoms with E-state index in [0.29, 0.717) is 31.9 Å². The Morgan fingerprint density at radius 3 is 2.59 bits per heavy atom. The topological polar surface area (TPSA) is 50.7 Å². The molecule has 3 atom stereocenters. The summed E-state index contributed by atoms with van der Waals surface area (Å²) in [4.78, 5) is 0. The molecule has 0 saturated heterocycles. The molecule has 102 valence electrons. The average molecular weight is 245 g/mol.